The van der Waals surface area contributed by atoms with Crippen LogP contribution in [0.1, 0.15) is 29.3 Å². The lowest BCUT2D eigenvalue weighted by Gasteiger charge is -2.50. The molecule has 45 heavy (non-hydrogen) atoms. The minimum absolute atomic E-state index is 0.0671. The Morgan fingerprint density at radius 2 is 1.82 bits per heavy atom. The molecule has 6 heterocycles. The van der Waals surface area contributed by atoms with Gasteiger partial charge >= 0.3 is 0 Å². The van der Waals surface area contributed by atoms with Gasteiger partial charge in [-0.15, -0.1) is 5.10 Å². The maximum absolute atomic E-state index is 13.0. The molecule has 3 aliphatic rings. The minimum Gasteiger partial charge on any atom is -0.363 e. The Hall–Kier alpha value is -4.96. The van der Waals surface area contributed by atoms with E-state index in [0.717, 1.165) is 49.5 Å². The largest absolute Gasteiger partial charge is 0.363 e. The van der Waals surface area contributed by atoms with Crippen LogP contribution < -0.4 is 10.2 Å². The maximum Gasteiger partial charge on any atom is 0.253 e. The summed E-state index contributed by atoms with van der Waals surface area (Å²) < 4.78 is 3.69. The first-order valence-electron chi connectivity index (χ1n) is 15.5. The molecule has 13 nitrogen and oxygen atoms in total. The van der Waals surface area contributed by atoms with Crippen LogP contribution >= 0.6 is 0 Å². The first kappa shape index (κ1) is 28.8. The molecule has 1 aromatic carbocycles. The van der Waals surface area contributed by atoms with Crippen molar-refractivity contribution in [3.8, 4) is 6.07 Å². The number of carbonyl (C=O) groups is 2. The van der Waals surface area contributed by atoms with Crippen molar-refractivity contribution in [3.05, 3.63) is 66.1 Å². The highest BCUT2D eigenvalue weighted by molar-refractivity contribution is 5.96. The number of aromatic nitrogens is 5. The van der Waals surface area contributed by atoms with Crippen LogP contribution in [0.3, 0.4) is 0 Å². The first-order chi connectivity index (χ1) is 21.9. The number of likely N-dealkylation sites (N-methyl/N-ethyl adjacent to an activating group) is 1. The van der Waals surface area contributed by atoms with Gasteiger partial charge in [-0.05, 0) is 55.4 Å². The number of benzene rings is 1. The SMILES string of the molecule is CCc1cnn(C2(CC#N)CN(c3cccn4nc(Nc5ccc(C(=O)N6CC(C(=O)N7CCN(C)CC7)C6)cc5)nc34)C2)c1. The number of nitrogens with zero attached hydrogens (tertiary/aromatic N) is 10. The Labute approximate surface area is 261 Å². The lowest BCUT2D eigenvalue weighted by atomic mass is 9.86. The number of nitriles is 1. The van der Waals surface area contributed by atoms with Gasteiger partial charge in [0.25, 0.3) is 5.91 Å². The lowest BCUT2D eigenvalue weighted by Crippen LogP contribution is -2.63. The van der Waals surface area contributed by atoms with Gasteiger partial charge in [-0.3, -0.25) is 14.3 Å². The predicted octanol–water partition coefficient (Wildman–Crippen LogP) is 2.21. The Morgan fingerprint density at radius 3 is 2.51 bits per heavy atom. The summed E-state index contributed by atoms with van der Waals surface area (Å²) in [6.07, 6.45) is 7.06. The second-order valence-corrected chi connectivity index (χ2v) is 12.4. The number of carbonyl (C=O) groups excluding carboxylic acids is 2. The van der Waals surface area contributed by atoms with E-state index in [1.807, 2.05) is 52.4 Å². The molecule has 0 spiro atoms. The summed E-state index contributed by atoms with van der Waals surface area (Å²) in [5.41, 5.74) is 3.78. The van der Waals surface area contributed by atoms with Gasteiger partial charge in [-0.2, -0.15) is 15.3 Å². The molecule has 0 radical (unpaired) electrons. The highest BCUT2D eigenvalue weighted by Gasteiger charge is 2.46. The van der Waals surface area contributed by atoms with Gasteiger partial charge in [0.2, 0.25) is 11.9 Å². The number of pyridine rings is 1. The maximum atomic E-state index is 13.0. The van der Waals surface area contributed by atoms with Crippen LogP contribution in [0.5, 0.6) is 0 Å². The van der Waals surface area contributed by atoms with Gasteiger partial charge in [0.1, 0.15) is 5.54 Å². The van der Waals surface area contributed by atoms with Crippen molar-refractivity contribution in [2.24, 2.45) is 5.92 Å². The van der Waals surface area contributed by atoms with Crippen LogP contribution in [-0.4, -0.2) is 110 Å². The van der Waals surface area contributed by atoms with E-state index in [9.17, 15) is 14.9 Å². The Kier molecular flexibility index (Phi) is 7.37. The van der Waals surface area contributed by atoms with Crippen molar-refractivity contribution < 1.29 is 9.59 Å². The van der Waals surface area contributed by atoms with Crippen molar-refractivity contribution in [2.75, 3.05) is 69.6 Å². The van der Waals surface area contributed by atoms with E-state index in [4.69, 9.17) is 4.98 Å². The number of hydrogen-bond donors (Lipinski definition) is 1. The predicted molar refractivity (Wildman–Crippen MR) is 168 cm³/mol. The Balaban J connectivity index is 0.978. The molecule has 3 aromatic heterocycles. The lowest BCUT2D eigenvalue weighted by molar-refractivity contribution is -0.141. The summed E-state index contributed by atoms with van der Waals surface area (Å²) in [7, 11) is 2.07. The van der Waals surface area contributed by atoms with Gasteiger partial charge in [0.15, 0.2) is 5.65 Å². The van der Waals surface area contributed by atoms with E-state index in [1.54, 1.807) is 21.5 Å². The molecule has 232 valence electrons. The molecule has 0 saturated carbocycles. The summed E-state index contributed by atoms with van der Waals surface area (Å²) in [5, 5.41) is 22.0. The van der Waals surface area contributed by atoms with Crippen molar-refractivity contribution in [1.82, 2.24) is 39.1 Å². The molecule has 3 fully saturated rings. The quantitative estimate of drug-likeness (QED) is 0.320. The molecule has 3 aliphatic heterocycles. The molecule has 0 unspecified atom stereocenters. The van der Waals surface area contributed by atoms with Gasteiger partial charge in [-0.1, -0.05) is 6.92 Å². The number of fused-ring (bicyclic) bond motifs is 1. The fourth-order valence-corrected chi connectivity index (χ4v) is 6.41. The number of nitrogens with one attached hydrogen (secondary N) is 1. The van der Waals surface area contributed by atoms with Crippen molar-refractivity contribution in [2.45, 2.75) is 25.3 Å². The zero-order chi connectivity index (χ0) is 31.1. The third-order valence-electron chi connectivity index (χ3n) is 9.31. The standard InChI is InChI=1S/C32H37N11O2/c1-3-23-17-34-43(18-23)32(10-11-33)21-41(22-32)27-5-4-12-42-28(27)36-31(37-42)35-26-8-6-24(7-9-26)29(44)40-19-25(20-40)30(45)39-15-13-38(2)14-16-39/h4-9,12,17-18,25H,3,10,13-16,19-22H2,1-2H3,(H,35,37). The third-order valence-corrected chi connectivity index (χ3v) is 9.31. The van der Waals surface area contributed by atoms with E-state index in [2.05, 4.69) is 45.4 Å². The van der Waals surface area contributed by atoms with Gasteiger partial charge in [-0.25, -0.2) is 4.52 Å². The highest BCUT2D eigenvalue weighted by atomic mass is 16.2. The summed E-state index contributed by atoms with van der Waals surface area (Å²) >= 11 is 0. The third kappa shape index (κ3) is 5.35. The van der Waals surface area contributed by atoms with Crippen LogP contribution in [0.2, 0.25) is 0 Å². The van der Waals surface area contributed by atoms with Crippen molar-refractivity contribution >= 4 is 34.8 Å². The normalized spacial score (nSPS) is 18.4. The van der Waals surface area contributed by atoms with E-state index in [-0.39, 0.29) is 23.3 Å². The molecule has 13 heteroatoms. The second-order valence-electron chi connectivity index (χ2n) is 12.4. The fourth-order valence-electron chi connectivity index (χ4n) is 6.41. The van der Waals surface area contributed by atoms with E-state index >= 15 is 0 Å². The van der Waals surface area contributed by atoms with Crippen LogP contribution in [-0.2, 0) is 16.8 Å². The topological polar surface area (TPSA) is 131 Å². The Bertz CT molecular complexity index is 1750. The summed E-state index contributed by atoms with van der Waals surface area (Å²) in [4.78, 5) is 38.7. The molecule has 2 amide bonds. The first-order valence-corrected chi connectivity index (χ1v) is 15.5. The average Bonchev–Trinajstić information content (AvgIpc) is 3.66. The Morgan fingerprint density at radius 1 is 1.07 bits per heavy atom. The number of aryl methyl sites for hydroxylation is 1. The number of likely N-dealkylation sites (tertiary alicyclic amines) is 1. The number of hydrogen-bond acceptors (Lipinski definition) is 9. The molecule has 3 saturated heterocycles. The molecule has 1 N–H and O–H groups in total. The number of piperazine rings is 1. The molecule has 0 bridgehead atoms. The van der Waals surface area contributed by atoms with Crippen LogP contribution in [0, 0.1) is 17.2 Å². The number of amides is 2. The van der Waals surface area contributed by atoms with E-state index < -0.39 is 0 Å². The highest BCUT2D eigenvalue weighted by Crippen LogP contribution is 2.37. The molecular formula is C32H37N11O2. The smallest absolute Gasteiger partial charge is 0.253 e. The minimum atomic E-state index is -0.369. The molecule has 4 aromatic rings. The fraction of sp³-hybridized carbons (Fsp3) is 0.438. The zero-order valence-electron chi connectivity index (χ0n) is 25.6. The average molecular weight is 608 g/mol. The van der Waals surface area contributed by atoms with Gasteiger partial charge < -0.3 is 24.9 Å². The molecule has 0 atom stereocenters. The van der Waals surface area contributed by atoms with Gasteiger partial charge in [0, 0.05) is 76.0 Å². The van der Waals surface area contributed by atoms with Gasteiger partial charge in [0.05, 0.1) is 30.3 Å². The van der Waals surface area contributed by atoms with E-state index in [0.29, 0.717) is 49.8 Å². The monoisotopic (exact) mass is 607 g/mol. The summed E-state index contributed by atoms with van der Waals surface area (Å²) in [6, 6.07) is 13.6. The number of anilines is 3. The van der Waals surface area contributed by atoms with Crippen LogP contribution in [0.4, 0.5) is 17.3 Å². The summed E-state index contributed by atoms with van der Waals surface area (Å²) in [6.45, 7) is 7.62. The number of rotatable bonds is 8. The van der Waals surface area contributed by atoms with Crippen molar-refractivity contribution in [3.63, 3.8) is 0 Å². The molecule has 7 rings (SSSR count). The molecular weight excluding hydrogens is 570 g/mol. The zero-order valence-corrected chi connectivity index (χ0v) is 25.6. The molecule has 0 aliphatic carbocycles. The second kappa shape index (κ2) is 11.5. The van der Waals surface area contributed by atoms with Crippen molar-refractivity contribution in [1.29, 1.82) is 5.26 Å². The van der Waals surface area contributed by atoms with Crippen LogP contribution in [0.25, 0.3) is 5.65 Å². The summed E-state index contributed by atoms with van der Waals surface area (Å²) in [5.74, 6) is 0.428. The van der Waals surface area contributed by atoms with Crippen LogP contribution in [0.15, 0.2) is 55.0 Å². The van der Waals surface area contributed by atoms with E-state index in [1.165, 1.54) is 0 Å².